The standard InChI is InChI=1S/C11H15FN2O.ClH/c1-8(15)14-10-4-2-9(3-5-10)11(13)6-7-12;/h2-5,11H,6-7,13H2,1H3,(H,14,15);1H/t11-;/m1./s1. The van der Waals surface area contributed by atoms with E-state index in [0.29, 0.717) is 6.42 Å². The number of halogens is 2. The van der Waals surface area contributed by atoms with Crippen molar-refractivity contribution in [2.24, 2.45) is 5.73 Å². The highest BCUT2D eigenvalue weighted by atomic mass is 35.5. The maximum absolute atomic E-state index is 12.0. The van der Waals surface area contributed by atoms with Gasteiger partial charge < -0.3 is 11.1 Å². The lowest BCUT2D eigenvalue weighted by Gasteiger charge is -2.10. The van der Waals surface area contributed by atoms with Gasteiger partial charge in [-0.1, -0.05) is 12.1 Å². The van der Waals surface area contributed by atoms with Gasteiger partial charge in [-0.05, 0) is 24.1 Å². The highest BCUT2D eigenvalue weighted by Gasteiger charge is 2.05. The first-order valence-electron chi connectivity index (χ1n) is 4.82. The van der Waals surface area contributed by atoms with E-state index in [4.69, 9.17) is 5.73 Å². The Morgan fingerprint density at radius 2 is 2.00 bits per heavy atom. The summed E-state index contributed by atoms with van der Waals surface area (Å²) in [4.78, 5) is 10.7. The molecule has 0 radical (unpaired) electrons. The van der Waals surface area contributed by atoms with Gasteiger partial charge in [0, 0.05) is 18.7 Å². The van der Waals surface area contributed by atoms with E-state index < -0.39 is 6.67 Å². The first-order chi connectivity index (χ1) is 7.13. The van der Waals surface area contributed by atoms with Crippen molar-refractivity contribution in [1.29, 1.82) is 0 Å². The molecule has 0 aliphatic carbocycles. The molecule has 0 bridgehead atoms. The van der Waals surface area contributed by atoms with Crippen LogP contribution < -0.4 is 11.1 Å². The topological polar surface area (TPSA) is 55.1 Å². The van der Waals surface area contributed by atoms with Crippen molar-refractivity contribution < 1.29 is 9.18 Å². The normalized spacial score (nSPS) is 11.4. The van der Waals surface area contributed by atoms with Gasteiger partial charge in [-0.2, -0.15) is 0 Å². The minimum Gasteiger partial charge on any atom is -0.326 e. The van der Waals surface area contributed by atoms with Crippen LogP contribution in [0.3, 0.4) is 0 Å². The third-order valence-electron chi connectivity index (χ3n) is 2.08. The van der Waals surface area contributed by atoms with Crippen LogP contribution in [0.2, 0.25) is 0 Å². The summed E-state index contributed by atoms with van der Waals surface area (Å²) < 4.78 is 12.0. The smallest absolute Gasteiger partial charge is 0.221 e. The molecule has 1 aromatic carbocycles. The lowest BCUT2D eigenvalue weighted by atomic mass is 10.1. The van der Waals surface area contributed by atoms with Crippen LogP contribution in [0.15, 0.2) is 24.3 Å². The monoisotopic (exact) mass is 246 g/mol. The van der Waals surface area contributed by atoms with E-state index in [2.05, 4.69) is 5.32 Å². The lowest BCUT2D eigenvalue weighted by molar-refractivity contribution is -0.114. The van der Waals surface area contributed by atoms with Crippen molar-refractivity contribution in [2.45, 2.75) is 19.4 Å². The molecule has 0 saturated heterocycles. The second kappa shape index (κ2) is 7.19. The molecule has 1 rings (SSSR count). The number of rotatable bonds is 4. The fourth-order valence-corrected chi connectivity index (χ4v) is 1.30. The van der Waals surface area contributed by atoms with Crippen LogP contribution in [0.5, 0.6) is 0 Å². The summed E-state index contributed by atoms with van der Waals surface area (Å²) in [6.07, 6.45) is 0.319. The number of nitrogens with one attached hydrogen (secondary N) is 1. The van der Waals surface area contributed by atoms with Crippen LogP contribution >= 0.6 is 12.4 Å². The second-order valence-electron chi connectivity index (χ2n) is 3.39. The van der Waals surface area contributed by atoms with E-state index in [9.17, 15) is 9.18 Å². The molecule has 0 unspecified atom stereocenters. The molecule has 0 spiro atoms. The number of alkyl halides is 1. The average molecular weight is 247 g/mol. The minimum absolute atomic E-state index is 0. The van der Waals surface area contributed by atoms with Crippen LogP contribution in [0.1, 0.15) is 24.9 Å². The first kappa shape index (κ1) is 14.9. The van der Waals surface area contributed by atoms with E-state index in [1.807, 2.05) is 0 Å². The van der Waals surface area contributed by atoms with Gasteiger partial charge >= 0.3 is 0 Å². The van der Waals surface area contributed by atoms with Crippen molar-refractivity contribution in [1.82, 2.24) is 0 Å². The fraction of sp³-hybridized carbons (Fsp3) is 0.364. The van der Waals surface area contributed by atoms with Gasteiger partial charge in [0.05, 0.1) is 6.67 Å². The molecule has 5 heteroatoms. The molecular weight excluding hydrogens is 231 g/mol. The zero-order chi connectivity index (χ0) is 11.3. The number of benzene rings is 1. The number of anilines is 1. The van der Waals surface area contributed by atoms with Crippen molar-refractivity contribution >= 4 is 24.0 Å². The van der Waals surface area contributed by atoms with Crippen molar-refractivity contribution in [3.8, 4) is 0 Å². The molecule has 0 aromatic heterocycles. The Bertz CT molecular complexity index is 329. The highest BCUT2D eigenvalue weighted by Crippen LogP contribution is 2.17. The van der Waals surface area contributed by atoms with Crippen molar-refractivity contribution in [2.75, 3.05) is 12.0 Å². The van der Waals surface area contributed by atoms with E-state index in [0.717, 1.165) is 11.3 Å². The third kappa shape index (κ3) is 4.59. The molecule has 0 heterocycles. The molecule has 3 nitrogen and oxygen atoms in total. The molecule has 16 heavy (non-hydrogen) atoms. The van der Waals surface area contributed by atoms with E-state index in [1.54, 1.807) is 24.3 Å². The third-order valence-corrected chi connectivity index (χ3v) is 2.08. The van der Waals surface area contributed by atoms with Crippen LogP contribution in [-0.2, 0) is 4.79 Å². The Labute approximate surface area is 101 Å². The zero-order valence-electron chi connectivity index (χ0n) is 9.07. The van der Waals surface area contributed by atoms with Crippen molar-refractivity contribution in [3.63, 3.8) is 0 Å². The van der Waals surface area contributed by atoms with E-state index in [-0.39, 0.29) is 24.4 Å². The predicted molar refractivity (Wildman–Crippen MR) is 65.5 cm³/mol. The Morgan fingerprint density at radius 1 is 1.44 bits per heavy atom. The number of nitrogens with two attached hydrogens (primary N) is 1. The van der Waals surface area contributed by atoms with Gasteiger partial charge in [0.15, 0.2) is 0 Å². The summed E-state index contributed by atoms with van der Waals surface area (Å²) in [5.41, 5.74) is 7.33. The summed E-state index contributed by atoms with van der Waals surface area (Å²) in [5.74, 6) is -0.115. The lowest BCUT2D eigenvalue weighted by Crippen LogP contribution is -2.11. The molecule has 1 amide bonds. The Hall–Kier alpha value is -1.13. The van der Waals surface area contributed by atoms with Gasteiger partial charge in [0.25, 0.3) is 0 Å². The molecule has 1 aromatic rings. The Morgan fingerprint density at radius 3 is 2.44 bits per heavy atom. The number of hydrogen-bond acceptors (Lipinski definition) is 2. The number of hydrogen-bond donors (Lipinski definition) is 2. The number of amides is 1. The molecule has 0 aliphatic heterocycles. The van der Waals surface area contributed by atoms with Crippen LogP contribution in [0, 0.1) is 0 Å². The summed E-state index contributed by atoms with van der Waals surface area (Å²) in [6.45, 7) is 1.03. The molecule has 0 fully saturated rings. The highest BCUT2D eigenvalue weighted by molar-refractivity contribution is 5.88. The largest absolute Gasteiger partial charge is 0.326 e. The molecule has 0 aliphatic rings. The molecule has 0 saturated carbocycles. The van der Waals surface area contributed by atoms with Gasteiger partial charge in [0.2, 0.25) is 5.91 Å². The maximum Gasteiger partial charge on any atom is 0.221 e. The molecule has 3 N–H and O–H groups in total. The summed E-state index contributed by atoms with van der Waals surface area (Å²) in [5, 5.41) is 2.65. The van der Waals surface area contributed by atoms with Crippen LogP contribution in [-0.4, -0.2) is 12.6 Å². The van der Waals surface area contributed by atoms with Gasteiger partial charge in [0.1, 0.15) is 0 Å². The minimum atomic E-state index is -0.422. The number of carbonyl (C=O) groups is 1. The maximum atomic E-state index is 12.0. The molecule has 90 valence electrons. The van der Waals surface area contributed by atoms with Gasteiger partial charge in [-0.3, -0.25) is 9.18 Å². The SMILES string of the molecule is CC(=O)Nc1ccc([C@H](N)CCF)cc1.Cl. The zero-order valence-corrected chi connectivity index (χ0v) is 9.89. The molecule has 1 atom stereocenters. The Kier molecular flexibility index (Phi) is 6.69. The van der Waals surface area contributed by atoms with Gasteiger partial charge in [-0.15, -0.1) is 12.4 Å². The van der Waals surface area contributed by atoms with Crippen LogP contribution in [0.4, 0.5) is 10.1 Å². The fourth-order valence-electron chi connectivity index (χ4n) is 1.30. The summed E-state index contributed by atoms with van der Waals surface area (Å²) >= 11 is 0. The van der Waals surface area contributed by atoms with Crippen LogP contribution in [0.25, 0.3) is 0 Å². The molecular formula is C11H16ClFN2O. The number of carbonyl (C=O) groups excluding carboxylic acids is 1. The quantitative estimate of drug-likeness (QED) is 0.857. The van der Waals surface area contributed by atoms with Gasteiger partial charge in [-0.25, -0.2) is 0 Å². The summed E-state index contributed by atoms with van der Waals surface area (Å²) in [7, 11) is 0. The average Bonchev–Trinajstić information content (AvgIpc) is 2.18. The second-order valence-corrected chi connectivity index (χ2v) is 3.39. The predicted octanol–water partition coefficient (Wildman–Crippen LogP) is 2.43. The van der Waals surface area contributed by atoms with E-state index in [1.165, 1.54) is 6.92 Å². The van der Waals surface area contributed by atoms with Crippen molar-refractivity contribution in [3.05, 3.63) is 29.8 Å². The Balaban J connectivity index is 0.00000225. The first-order valence-corrected chi connectivity index (χ1v) is 4.82. The van der Waals surface area contributed by atoms with E-state index >= 15 is 0 Å². The summed E-state index contributed by atoms with van der Waals surface area (Å²) in [6, 6.07) is 6.84.